The highest BCUT2D eigenvalue weighted by Gasteiger charge is 2.17. The van der Waals surface area contributed by atoms with E-state index in [-0.39, 0.29) is 0 Å². The normalized spacial score (nSPS) is 12.7. The first-order valence-corrected chi connectivity index (χ1v) is 6.64. The Kier molecular flexibility index (Phi) is 3.64. The van der Waals surface area contributed by atoms with Gasteiger partial charge in [-0.3, -0.25) is 4.98 Å². The van der Waals surface area contributed by atoms with Gasteiger partial charge in [0.15, 0.2) is 5.82 Å². The quantitative estimate of drug-likeness (QED) is 0.790. The Balaban J connectivity index is 2.08. The van der Waals surface area contributed by atoms with Gasteiger partial charge < -0.3 is 15.0 Å². The number of ether oxygens (including phenoxy) is 1. The fourth-order valence-corrected chi connectivity index (χ4v) is 2.23. The van der Waals surface area contributed by atoms with Gasteiger partial charge in [-0.25, -0.2) is 0 Å². The molecule has 0 aliphatic rings. The van der Waals surface area contributed by atoms with Crippen molar-refractivity contribution in [3.63, 3.8) is 0 Å². The lowest BCUT2D eigenvalue weighted by molar-refractivity contribution is 0.177. The van der Waals surface area contributed by atoms with Gasteiger partial charge in [-0.1, -0.05) is 23.4 Å². The summed E-state index contributed by atoms with van der Waals surface area (Å²) in [5.41, 5.74) is 8.57. The first kappa shape index (κ1) is 13.7. The van der Waals surface area contributed by atoms with Crippen LogP contribution in [0.2, 0.25) is 0 Å². The van der Waals surface area contributed by atoms with Crippen molar-refractivity contribution in [3.8, 4) is 11.5 Å². The second-order valence-corrected chi connectivity index (χ2v) is 4.85. The van der Waals surface area contributed by atoms with Gasteiger partial charge in [-0.15, -0.1) is 0 Å². The van der Waals surface area contributed by atoms with Crippen molar-refractivity contribution in [2.45, 2.75) is 13.0 Å². The number of aryl methyl sites for hydroxylation is 1. The number of fused-ring (bicyclic) bond motifs is 1. The minimum atomic E-state index is -0.401. The molecular formula is C15H16N4O2. The number of para-hydroxylation sites is 1. The first-order chi connectivity index (χ1) is 10.2. The summed E-state index contributed by atoms with van der Waals surface area (Å²) in [6.45, 7) is 2.28. The highest BCUT2D eigenvalue weighted by Crippen LogP contribution is 2.27. The molecule has 2 aromatic heterocycles. The van der Waals surface area contributed by atoms with E-state index in [2.05, 4.69) is 15.1 Å². The van der Waals surface area contributed by atoms with Gasteiger partial charge in [0, 0.05) is 18.2 Å². The van der Waals surface area contributed by atoms with Crippen LogP contribution in [-0.4, -0.2) is 28.8 Å². The summed E-state index contributed by atoms with van der Waals surface area (Å²) in [5, 5.41) is 4.91. The van der Waals surface area contributed by atoms with E-state index in [0.29, 0.717) is 18.3 Å². The Labute approximate surface area is 121 Å². The number of methoxy groups -OCH3 is 1. The van der Waals surface area contributed by atoms with Crippen LogP contribution in [0.25, 0.3) is 22.4 Å². The third-order valence-corrected chi connectivity index (χ3v) is 3.19. The van der Waals surface area contributed by atoms with E-state index in [4.69, 9.17) is 15.0 Å². The molecule has 0 aliphatic carbocycles. The molecule has 0 saturated heterocycles. The van der Waals surface area contributed by atoms with E-state index in [9.17, 15) is 0 Å². The van der Waals surface area contributed by atoms with Crippen LogP contribution >= 0.6 is 0 Å². The molecule has 6 heteroatoms. The number of hydrogen-bond donors (Lipinski definition) is 1. The van der Waals surface area contributed by atoms with Crippen molar-refractivity contribution in [1.29, 1.82) is 0 Å². The Morgan fingerprint density at radius 3 is 2.90 bits per heavy atom. The van der Waals surface area contributed by atoms with Gasteiger partial charge >= 0.3 is 0 Å². The summed E-state index contributed by atoms with van der Waals surface area (Å²) in [7, 11) is 1.58. The third-order valence-electron chi connectivity index (χ3n) is 3.19. The van der Waals surface area contributed by atoms with E-state index in [1.807, 2.05) is 37.3 Å². The zero-order valence-corrected chi connectivity index (χ0v) is 11.9. The highest BCUT2D eigenvalue weighted by atomic mass is 16.5. The van der Waals surface area contributed by atoms with Crippen LogP contribution in [0.5, 0.6) is 0 Å². The molecule has 21 heavy (non-hydrogen) atoms. The molecule has 0 bridgehead atoms. The molecule has 1 unspecified atom stereocenters. The van der Waals surface area contributed by atoms with E-state index in [0.717, 1.165) is 22.2 Å². The van der Waals surface area contributed by atoms with Crippen LogP contribution in [0.4, 0.5) is 0 Å². The van der Waals surface area contributed by atoms with Crippen LogP contribution in [-0.2, 0) is 4.74 Å². The summed E-state index contributed by atoms with van der Waals surface area (Å²) in [4.78, 5) is 8.88. The number of aromatic nitrogens is 3. The number of nitrogens with zero attached hydrogens (tertiary/aromatic N) is 3. The van der Waals surface area contributed by atoms with Crippen LogP contribution in [0, 0.1) is 6.92 Å². The van der Waals surface area contributed by atoms with Crippen LogP contribution in [0.15, 0.2) is 34.9 Å². The summed E-state index contributed by atoms with van der Waals surface area (Å²) >= 11 is 0. The van der Waals surface area contributed by atoms with Gasteiger partial charge in [0.05, 0.1) is 23.7 Å². The Hall–Kier alpha value is -2.31. The average Bonchev–Trinajstić information content (AvgIpc) is 2.96. The molecule has 1 atom stereocenters. The topological polar surface area (TPSA) is 87.1 Å². The maximum absolute atomic E-state index is 5.92. The Morgan fingerprint density at radius 1 is 1.29 bits per heavy atom. The molecule has 2 N–H and O–H groups in total. The second kappa shape index (κ2) is 5.59. The molecule has 0 saturated carbocycles. The van der Waals surface area contributed by atoms with Crippen LogP contribution in [0.1, 0.15) is 17.6 Å². The van der Waals surface area contributed by atoms with Crippen molar-refractivity contribution < 1.29 is 9.26 Å². The maximum atomic E-state index is 5.92. The highest BCUT2D eigenvalue weighted by molar-refractivity contribution is 5.92. The van der Waals surface area contributed by atoms with Crippen molar-refractivity contribution in [2.24, 2.45) is 5.73 Å². The minimum absolute atomic E-state index is 0.342. The molecule has 2 heterocycles. The third kappa shape index (κ3) is 2.63. The molecule has 108 valence electrons. The molecule has 3 rings (SSSR count). The van der Waals surface area contributed by atoms with Gasteiger partial charge in [0.1, 0.15) is 0 Å². The summed E-state index contributed by atoms with van der Waals surface area (Å²) in [5.74, 6) is 0.878. The van der Waals surface area contributed by atoms with E-state index >= 15 is 0 Å². The lowest BCUT2D eigenvalue weighted by atomic mass is 10.1. The fourth-order valence-electron chi connectivity index (χ4n) is 2.23. The van der Waals surface area contributed by atoms with E-state index in [1.54, 1.807) is 7.11 Å². The molecule has 3 aromatic rings. The number of hydrogen-bond acceptors (Lipinski definition) is 6. The van der Waals surface area contributed by atoms with Crippen molar-refractivity contribution in [3.05, 3.63) is 41.9 Å². The molecule has 0 fully saturated rings. The van der Waals surface area contributed by atoms with E-state index < -0.39 is 6.04 Å². The smallest absolute Gasteiger partial charge is 0.258 e. The van der Waals surface area contributed by atoms with Gasteiger partial charge in [-0.05, 0) is 19.1 Å². The molecule has 0 spiro atoms. The molecule has 6 nitrogen and oxygen atoms in total. The van der Waals surface area contributed by atoms with E-state index in [1.165, 1.54) is 0 Å². The van der Waals surface area contributed by atoms with Crippen molar-refractivity contribution in [1.82, 2.24) is 15.1 Å². The number of pyridine rings is 1. The largest absolute Gasteiger partial charge is 0.383 e. The lowest BCUT2D eigenvalue weighted by Gasteiger charge is -2.04. The summed E-state index contributed by atoms with van der Waals surface area (Å²) < 4.78 is 10.4. The zero-order valence-electron chi connectivity index (χ0n) is 11.9. The standard InChI is InChI=1S/C15H16N4O2/c1-9-7-11(10-5-3-4-6-13(10)17-9)15-18-14(19-21-15)12(16)8-20-2/h3-7,12H,8,16H2,1-2H3. The monoisotopic (exact) mass is 284 g/mol. The van der Waals surface area contributed by atoms with Gasteiger partial charge in [-0.2, -0.15) is 4.98 Å². The SMILES string of the molecule is COCC(N)c1noc(-c2cc(C)nc3ccccc23)n1. The van der Waals surface area contributed by atoms with Crippen molar-refractivity contribution >= 4 is 10.9 Å². The fraction of sp³-hybridized carbons (Fsp3) is 0.267. The molecule has 0 radical (unpaired) electrons. The predicted octanol–water partition coefficient (Wildman–Crippen LogP) is 2.24. The predicted molar refractivity (Wildman–Crippen MR) is 78.6 cm³/mol. The number of rotatable bonds is 4. The Bertz CT molecular complexity index is 769. The van der Waals surface area contributed by atoms with Crippen molar-refractivity contribution in [2.75, 3.05) is 13.7 Å². The number of nitrogens with two attached hydrogens (primary N) is 1. The molecule has 1 aromatic carbocycles. The van der Waals surface area contributed by atoms with Gasteiger partial charge in [0.25, 0.3) is 5.89 Å². The molecular weight excluding hydrogens is 268 g/mol. The lowest BCUT2D eigenvalue weighted by Crippen LogP contribution is -2.17. The summed E-state index contributed by atoms with van der Waals surface area (Å²) in [6, 6.07) is 9.38. The maximum Gasteiger partial charge on any atom is 0.258 e. The van der Waals surface area contributed by atoms with Crippen LogP contribution in [0.3, 0.4) is 0 Å². The molecule has 0 aliphatic heterocycles. The van der Waals surface area contributed by atoms with Gasteiger partial charge in [0.2, 0.25) is 0 Å². The second-order valence-electron chi connectivity index (χ2n) is 4.85. The average molecular weight is 284 g/mol. The zero-order chi connectivity index (χ0) is 14.8. The summed E-state index contributed by atoms with van der Waals surface area (Å²) in [6.07, 6.45) is 0. The first-order valence-electron chi connectivity index (χ1n) is 6.64. The molecule has 0 amide bonds. The number of benzene rings is 1. The minimum Gasteiger partial charge on any atom is -0.383 e. The van der Waals surface area contributed by atoms with Crippen LogP contribution < -0.4 is 5.73 Å². The Morgan fingerprint density at radius 2 is 2.10 bits per heavy atom.